The molecule has 35 heavy (non-hydrogen) atoms. The predicted octanol–water partition coefficient (Wildman–Crippen LogP) is 1.97. The monoisotopic (exact) mass is 539 g/mol. The lowest BCUT2D eigenvalue weighted by Crippen LogP contribution is -2.35. The molecule has 0 spiro atoms. The fraction of sp³-hybridized carbons (Fsp3) is 0.150. The molecule has 0 unspecified atom stereocenters. The summed E-state index contributed by atoms with van der Waals surface area (Å²) >= 11 is 0.977. The Labute approximate surface area is 205 Å². The van der Waals surface area contributed by atoms with Crippen LogP contribution < -0.4 is 24.8 Å². The standard InChI is InChI=1S/C20H21N5O7S3/c1-32-15-10-6-13(7-11-15)22-20-23-16(17(21)26)19(33-20)24-18(27)12-4-8-14(9-5-12)25(34(2,28)29)35(3,30)31/h4-11H,1-3H3,(H2,21,26)(H,22,23)(H,24,27). The summed E-state index contributed by atoms with van der Waals surface area (Å²) < 4.78 is 53.0. The molecule has 1 aromatic heterocycles. The lowest BCUT2D eigenvalue weighted by atomic mass is 10.2. The number of rotatable bonds is 9. The molecule has 12 nitrogen and oxygen atoms in total. The van der Waals surface area contributed by atoms with E-state index in [1.165, 1.54) is 31.4 Å². The first-order valence-corrected chi connectivity index (χ1v) is 14.1. The van der Waals surface area contributed by atoms with Crippen LogP contribution in [0.25, 0.3) is 0 Å². The predicted molar refractivity (Wildman–Crippen MR) is 133 cm³/mol. The number of carbonyl (C=O) groups excluding carboxylic acids is 2. The number of primary amides is 1. The summed E-state index contributed by atoms with van der Waals surface area (Å²) in [5.41, 5.74) is 5.81. The fourth-order valence-electron chi connectivity index (χ4n) is 2.96. The Bertz CT molecular complexity index is 1430. The number of anilines is 4. The summed E-state index contributed by atoms with van der Waals surface area (Å²) in [6.45, 7) is 0. The van der Waals surface area contributed by atoms with E-state index in [0.717, 1.165) is 23.8 Å². The molecule has 2 aromatic carbocycles. The van der Waals surface area contributed by atoms with Gasteiger partial charge in [-0.3, -0.25) is 9.59 Å². The van der Waals surface area contributed by atoms with Crippen molar-refractivity contribution in [3.63, 3.8) is 0 Å². The van der Waals surface area contributed by atoms with Gasteiger partial charge in [0.05, 0.1) is 25.3 Å². The summed E-state index contributed by atoms with van der Waals surface area (Å²) in [7, 11) is -6.71. The van der Waals surface area contributed by atoms with Crippen LogP contribution in [0.2, 0.25) is 0 Å². The van der Waals surface area contributed by atoms with Crippen LogP contribution in [0.3, 0.4) is 0 Å². The quantitative estimate of drug-likeness (QED) is 0.367. The van der Waals surface area contributed by atoms with Crippen molar-refractivity contribution >= 4 is 64.7 Å². The molecule has 0 atom stereocenters. The van der Waals surface area contributed by atoms with Crippen LogP contribution in [-0.2, 0) is 20.0 Å². The zero-order valence-electron chi connectivity index (χ0n) is 18.7. The van der Waals surface area contributed by atoms with Gasteiger partial charge in [0.2, 0.25) is 20.0 Å². The zero-order chi connectivity index (χ0) is 26.0. The number of methoxy groups -OCH3 is 1. The molecule has 0 aliphatic heterocycles. The number of aromatic nitrogens is 1. The van der Waals surface area contributed by atoms with Gasteiger partial charge in [-0.05, 0) is 48.5 Å². The molecule has 0 saturated heterocycles. The lowest BCUT2D eigenvalue weighted by Gasteiger charge is -2.19. The molecule has 0 saturated carbocycles. The average molecular weight is 540 g/mol. The summed E-state index contributed by atoms with van der Waals surface area (Å²) in [5, 5.41) is 5.95. The Morgan fingerprint density at radius 1 is 0.971 bits per heavy atom. The van der Waals surface area contributed by atoms with Gasteiger partial charge < -0.3 is 21.1 Å². The van der Waals surface area contributed by atoms with Crippen LogP contribution in [0, 0.1) is 0 Å². The highest BCUT2D eigenvalue weighted by Gasteiger charge is 2.27. The van der Waals surface area contributed by atoms with Crippen molar-refractivity contribution in [3.05, 3.63) is 59.8 Å². The fourth-order valence-corrected chi connectivity index (χ4v) is 6.82. The van der Waals surface area contributed by atoms with Crippen LogP contribution in [-0.4, -0.2) is 53.3 Å². The largest absolute Gasteiger partial charge is 0.497 e. The molecule has 2 amide bonds. The molecule has 0 fully saturated rings. The third kappa shape index (κ3) is 6.26. The first-order chi connectivity index (χ1) is 16.3. The van der Waals surface area contributed by atoms with E-state index in [9.17, 15) is 26.4 Å². The molecule has 0 bridgehead atoms. The van der Waals surface area contributed by atoms with Crippen molar-refractivity contribution in [2.24, 2.45) is 5.73 Å². The maximum absolute atomic E-state index is 12.7. The Morgan fingerprint density at radius 2 is 1.54 bits per heavy atom. The van der Waals surface area contributed by atoms with Gasteiger partial charge in [-0.1, -0.05) is 11.3 Å². The number of hydrogen-bond donors (Lipinski definition) is 3. The van der Waals surface area contributed by atoms with E-state index >= 15 is 0 Å². The third-order valence-corrected chi connectivity index (χ3v) is 8.51. The molecule has 3 aromatic rings. The van der Waals surface area contributed by atoms with E-state index < -0.39 is 31.9 Å². The number of ether oxygens (including phenoxy) is 1. The molecule has 1 heterocycles. The summed E-state index contributed by atoms with van der Waals surface area (Å²) in [6, 6.07) is 11.8. The normalized spacial score (nSPS) is 11.5. The molecule has 186 valence electrons. The summed E-state index contributed by atoms with van der Waals surface area (Å²) in [6.07, 6.45) is 1.50. The van der Waals surface area contributed by atoms with Crippen molar-refractivity contribution < 1.29 is 31.2 Å². The maximum atomic E-state index is 12.7. The first kappa shape index (κ1) is 25.9. The minimum absolute atomic E-state index is 0.0733. The topological polar surface area (TPSA) is 178 Å². The molecule has 0 radical (unpaired) electrons. The number of amides is 2. The second kappa shape index (κ2) is 9.89. The Kier molecular flexibility index (Phi) is 7.33. The van der Waals surface area contributed by atoms with Gasteiger partial charge >= 0.3 is 0 Å². The van der Waals surface area contributed by atoms with Crippen molar-refractivity contribution in [3.8, 4) is 5.75 Å². The number of benzene rings is 2. The molecular weight excluding hydrogens is 518 g/mol. The zero-order valence-corrected chi connectivity index (χ0v) is 21.1. The summed E-state index contributed by atoms with van der Waals surface area (Å²) in [4.78, 5) is 28.7. The number of nitrogens with one attached hydrogen (secondary N) is 2. The molecular formula is C20H21N5O7S3. The highest BCUT2D eigenvalue weighted by atomic mass is 32.3. The van der Waals surface area contributed by atoms with Crippen molar-refractivity contribution in [1.29, 1.82) is 0 Å². The van der Waals surface area contributed by atoms with Crippen molar-refractivity contribution in [2.75, 3.05) is 34.0 Å². The van der Waals surface area contributed by atoms with Crippen LogP contribution in [0.4, 0.5) is 21.5 Å². The van der Waals surface area contributed by atoms with Gasteiger partial charge in [-0.2, -0.15) is 3.71 Å². The van der Waals surface area contributed by atoms with E-state index in [1.54, 1.807) is 24.3 Å². The molecule has 3 rings (SSSR count). The number of nitrogens with two attached hydrogens (primary N) is 1. The maximum Gasteiger partial charge on any atom is 0.270 e. The number of thiazole rings is 1. The van der Waals surface area contributed by atoms with Gasteiger partial charge in [0.15, 0.2) is 10.8 Å². The second-order valence-electron chi connectivity index (χ2n) is 7.14. The van der Waals surface area contributed by atoms with Crippen LogP contribution in [0.1, 0.15) is 20.8 Å². The highest BCUT2D eigenvalue weighted by Crippen LogP contribution is 2.31. The van der Waals surface area contributed by atoms with E-state index in [2.05, 4.69) is 15.6 Å². The van der Waals surface area contributed by atoms with Gasteiger partial charge in [-0.25, -0.2) is 21.8 Å². The third-order valence-electron chi connectivity index (χ3n) is 4.37. The Balaban J connectivity index is 1.83. The SMILES string of the molecule is COc1ccc(Nc2nc(C(N)=O)c(NC(=O)c3ccc(N(S(C)(=O)=O)S(C)(=O)=O)cc3)s2)cc1. The van der Waals surface area contributed by atoms with Crippen LogP contribution in [0.15, 0.2) is 48.5 Å². The first-order valence-electron chi connectivity index (χ1n) is 9.63. The van der Waals surface area contributed by atoms with E-state index in [-0.39, 0.29) is 25.7 Å². The van der Waals surface area contributed by atoms with Crippen molar-refractivity contribution in [1.82, 2.24) is 4.98 Å². The number of nitrogens with zero attached hydrogens (tertiary/aromatic N) is 2. The number of hydrogen-bond acceptors (Lipinski definition) is 10. The molecule has 0 aliphatic carbocycles. The minimum Gasteiger partial charge on any atom is -0.497 e. The van der Waals surface area contributed by atoms with Gasteiger partial charge in [0, 0.05) is 11.3 Å². The van der Waals surface area contributed by atoms with E-state index in [1.807, 2.05) is 0 Å². The van der Waals surface area contributed by atoms with Gasteiger partial charge in [0.1, 0.15) is 10.8 Å². The summed E-state index contributed by atoms with van der Waals surface area (Å²) in [5.74, 6) is -0.849. The van der Waals surface area contributed by atoms with Crippen molar-refractivity contribution in [2.45, 2.75) is 0 Å². The van der Waals surface area contributed by atoms with E-state index in [0.29, 0.717) is 16.6 Å². The van der Waals surface area contributed by atoms with Gasteiger partial charge in [-0.15, -0.1) is 0 Å². The number of sulfonamides is 2. The van der Waals surface area contributed by atoms with Crippen LogP contribution >= 0.6 is 11.3 Å². The smallest absolute Gasteiger partial charge is 0.270 e. The lowest BCUT2D eigenvalue weighted by molar-refractivity contribution is 0.0997. The Morgan fingerprint density at radius 3 is 2.03 bits per heavy atom. The van der Waals surface area contributed by atoms with Gasteiger partial charge in [0.25, 0.3) is 11.8 Å². The molecule has 0 aliphatic rings. The Hall–Kier alpha value is -3.69. The van der Waals surface area contributed by atoms with E-state index in [4.69, 9.17) is 10.5 Å². The number of carbonyl (C=O) groups is 2. The molecule has 4 N–H and O–H groups in total. The molecule has 15 heteroatoms. The minimum atomic E-state index is -4.13. The average Bonchev–Trinajstić information content (AvgIpc) is 3.15. The van der Waals surface area contributed by atoms with Crippen LogP contribution in [0.5, 0.6) is 5.75 Å². The second-order valence-corrected chi connectivity index (χ2v) is 12.0. The highest BCUT2D eigenvalue weighted by molar-refractivity contribution is 8.09.